The molecule has 4 nitrogen and oxygen atoms in total. The average Bonchev–Trinajstić information content (AvgIpc) is 2.32. The molecule has 0 amide bonds. The third kappa shape index (κ3) is 3.94. The molecule has 19 heavy (non-hydrogen) atoms. The van der Waals surface area contributed by atoms with Gasteiger partial charge in [-0.1, -0.05) is 11.6 Å². The maximum absolute atomic E-state index is 6.19. The molecular weight excluding hydrogens is 375 g/mol. The lowest BCUT2D eigenvalue weighted by atomic mass is 10.3. The number of aryl methyl sites for hydroxylation is 1. The van der Waals surface area contributed by atoms with E-state index in [0.29, 0.717) is 11.0 Å². The third-order valence-electron chi connectivity index (χ3n) is 2.38. The lowest BCUT2D eigenvalue weighted by molar-refractivity contribution is 1.05. The van der Waals surface area contributed by atoms with Crippen molar-refractivity contribution in [3.05, 3.63) is 38.6 Å². The Morgan fingerprint density at radius 2 is 2.05 bits per heavy atom. The van der Waals surface area contributed by atoms with Gasteiger partial charge in [-0.3, -0.25) is 0 Å². The molecule has 0 aliphatic heterocycles. The first-order valence-corrected chi connectivity index (χ1v) is 7.36. The van der Waals surface area contributed by atoms with Gasteiger partial charge in [0.05, 0.1) is 10.7 Å². The average molecular weight is 389 g/mol. The SMILES string of the molecule is CCNc1nc(C)cc(Nc2ccc(I)cc2Cl)n1. The summed E-state index contributed by atoms with van der Waals surface area (Å²) in [6, 6.07) is 7.72. The Balaban J connectivity index is 2.27. The highest BCUT2D eigenvalue weighted by atomic mass is 127. The van der Waals surface area contributed by atoms with E-state index in [-0.39, 0.29) is 0 Å². The van der Waals surface area contributed by atoms with Crippen molar-refractivity contribution < 1.29 is 0 Å². The number of anilines is 3. The van der Waals surface area contributed by atoms with Gasteiger partial charge in [-0.2, -0.15) is 4.98 Å². The minimum Gasteiger partial charge on any atom is -0.354 e. The molecule has 0 saturated heterocycles. The van der Waals surface area contributed by atoms with Crippen molar-refractivity contribution in [1.29, 1.82) is 0 Å². The van der Waals surface area contributed by atoms with E-state index in [1.54, 1.807) is 0 Å². The summed E-state index contributed by atoms with van der Waals surface area (Å²) < 4.78 is 1.10. The van der Waals surface area contributed by atoms with Gasteiger partial charge in [0, 0.05) is 21.9 Å². The molecule has 0 bridgehead atoms. The molecule has 1 aromatic heterocycles. The Labute approximate surface area is 131 Å². The second-order valence-electron chi connectivity index (χ2n) is 4.00. The van der Waals surface area contributed by atoms with Crippen LogP contribution in [0.1, 0.15) is 12.6 Å². The maximum atomic E-state index is 6.19. The molecule has 1 heterocycles. The Kier molecular flexibility index (Phi) is 4.81. The van der Waals surface area contributed by atoms with E-state index in [1.165, 1.54) is 0 Å². The van der Waals surface area contributed by atoms with Crippen molar-refractivity contribution in [3.63, 3.8) is 0 Å². The van der Waals surface area contributed by atoms with Crippen molar-refractivity contribution in [2.24, 2.45) is 0 Å². The Morgan fingerprint density at radius 1 is 1.26 bits per heavy atom. The summed E-state index contributed by atoms with van der Waals surface area (Å²) in [4.78, 5) is 8.69. The molecule has 0 spiro atoms. The molecule has 100 valence electrons. The van der Waals surface area contributed by atoms with Crippen LogP contribution in [-0.4, -0.2) is 16.5 Å². The van der Waals surface area contributed by atoms with Gasteiger partial charge in [0.15, 0.2) is 0 Å². The molecule has 2 rings (SSSR count). The Hall–Kier alpha value is -1.08. The molecule has 0 aliphatic rings. The standard InChI is InChI=1S/C13H14ClIN4/c1-3-16-13-17-8(2)6-12(19-13)18-11-5-4-9(15)7-10(11)14/h4-7H,3H2,1-2H3,(H2,16,17,18,19). The number of benzene rings is 1. The second-order valence-corrected chi connectivity index (χ2v) is 5.65. The van der Waals surface area contributed by atoms with Crippen molar-refractivity contribution in [1.82, 2.24) is 9.97 Å². The first-order valence-electron chi connectivity index (χ1n) is 5.90. The largest absolute Gasteiger partial charge is 0.354 e. The number of halogens is 2. The molecule has 6 heteroatoms. The zero-order chi connectivity index (χ0) is 13.8. The van der Waals surface area contributed by atoms with Crippen LogP contribution in [0.2, 0.25) is 5.02 Å². The summed E-state index contributed by atoms with van der Waals surface area (Å²) >= 11 is 8.42. The molecule has 2 N–H and O–H groups in total. The molecule has 0 saturated carbocycles. The highest BCUT2D eigenvalue weighted by Crippen LogP contribution is 2.26. The zero-order valence-corrected chi connectivity index (χ0v) is 13.6. The van der Waals surface area contributed by atoms with E-state index in [2.05, 4.69) is 43.2 Å². The highest BCUT2D eigenvalue weighted by Gasteiger charge is 2.05. The van der Waals surface area contributed by atoms with E-state index in [9.17, 15) is 0 Å². The van der Waals surface area contributed by atoms with Crippen molar-refractivity contribution in [2.45, 2.75) is 13.8 Å². The van der Waals surface area contributed by atoms with Crippen LogP contribution in [-0.2, 0) is 0 Å². The molecule has 0 unspecified atom stereocenters. The maximum Gasteiger partial charge on any atom is 0.224 e. The van der Waals surface area contributed by atoms with Crippen LogP contribution in [0.4, 0.5) is 17.5 Å². The summed E-state index contributed by atoms with van der Waals surface area (Å²) in [5.41, 5.74) is 1.73. The summed E-state index contributed by atoms with van der Waals surface area (Å²) in [5, 5.41) is 6.99. The molecule has 2 aromatic rings. The molecule has 0 atom stereocenters. The smallest absolute Gasteiger partial charge is 0.224 e. The van der Waals surface area contributed by atoms with Gasteiger partial charge in [0.2, 0.25) is 5.95 Å². The summed E-state index contributed by atoms with van der Waals surface area (Å²) in [6.45, 7) is 4.73. The lowest BCUT2D eigenvalue weighted by Gasteiger charge is -2.10. The third-order valence-corrected chi connectivity index (χ3v) is 3.37. The summed E-state index contributed by atoms with van der Waals surface area (Å²) in [6.07, 6.45) is 0. The van der Waals surface area contributed by atoms with Gasteiger partial charge in [-0.05, 0) is 54.6 Å². The van der Waals surface area contributed by atoms with Gasteiger partial charge in [-0.25, -0.2) is 4.98 Å². The number of hydrogen-bond acceptors (Lipinski definition) is 4. The zero-order valence-electron chi connectivity index (χ0n) is 10.7. The van der Waals surface area contributed by atoms with Crippen LogP contribution in [0.15, 0.2) is 24.3 Å². The lowest BCUT2D eigenvalue weighted by Crippen LogP contribution is -2.05. The fourth-order valence-electron chi connectivity index (χ4n) is 1.60. The topological polar surface area (TPSA) is 49.8 Å². The van der Waals surface area contributed by atoms with Crippen LogP contribution in [0.25, 0.3) is 0 Å². The minimum atomic E-state index is 0.617. The first kappa shape index (κ1) is 14.3. The van der Waals surface area contributed by atoms with Gasteiger partial charge in [0.1, 0.15) is 5.82 Å². The molecular formula is C13H14ClIN4. The summed E-state index contributed by atoms with van der Waals surface area (Å²) in [5.74, 6) is 1.35. The van der Waals surface area contributed by atoms with E-state index in [1.807, 2.05) is 38.1 Å². The number of rotatable bonds is 4. The quantitative estimate of drug-likeness (QED) is 0.770. The van der Waals surface area contributed by atoms with Crippen molar-refractivity contribution in [2.75, 3.05) is 17.2 Å². The van der Waals surface area contributed by atoms with Crippen molar-refractivity contribution >= 4 is 51.6 Å². The normalized spacial score (nSPS) is 10.3. The summed E-state index contributed by atoms with van der Waals surface area (Å²) in [7, 11) is 0. The van der Waals surface area contributed by atoms with E-state index >= 15 is 0 Å². The van der Waals surface area contributed by atoms with Gasteiger partial charge in [-0.15, -0.1) is 0 Å². The molecule has 0 aliphatic carbocycles. The fraction of sp³-hybridized carbons (Fsp3) is 0.231. The van der Waals surface area contributed by atoms with E-state index in [4.69, 9.17) is 11.6 Å². The minimum absolute atomic E-state index is 0.617. The van der Waals surface area contributed by atoms with Crippen molar-refractivity contribution in [3.8, 4) is 0 Å². The van der Waals surface area contributed by atoms with Crippen LogP contribution in [0.3, 0.4) is 0 Å². The predicted molar refractivity (Wildman–Crippen MR) is 88.4 cm³/mol. The number of nitrogens with zero attached hydrogens (tertiary/aromatic N) is 2. The van der Waals surface area contributed by atoms with Gasteiger partial charge < -0.3 is 10.6 Å². The number of nitrogens with one attached hydrogen (secondary N) is 2. The van der Waals surface area contributed by atoms with Crippen LogP contribution >= 0.6 is 34.2 Å². The highest BCUT2D eigenvalue weighted by molar-refractivity contribution is 14.1. The van der Waals surface area contributed by atoms with Crippen LogP contribution in [0.5, 0.6) is 0 Å². The monoisotopic (exact) mass is 388 g/mol. The Morgan fingerprint density at radius 3 is 2.74 bits per heavy atom. The van der Waals surface area contributed by atoms with Crippen LogP contribution < -0.4 is 10.6 Å². The second kappa shape index (κ2) is 6.38. The number of hydrogen-bond donors (Lipinski definition) is 2. The molecule has 1 aromatic carbocycles. The van der Waals surface area contributed by atoms with Gasteiger partial charge >= 0.3 is 0 Å². The fourth-order valence-corrected chi connectivity index (χ4v) is 2.50. The molecule has 0 fully saturated rings. The van der Waals surface area contributed by atoms with E-state index in [0.717, 1.165) is 27.3 Å². The first-order chi connectivity index (χ1) is 9.08. The molecule has 0 radical (unpaired) electrons. The van der Waals surface area contributed by atoms with E-state index < -0.39 is 0 Å². The Bertz CT molecular complexity index is 589. The predicted octanol–water partition coefficient (Wildman–Crippen LogP) is 4.22. The van der Waals surface area contributed by atoms with Gasteiger partial charge in [0.25, 0.3) is 0 Å². The number of aromatic nitrogens is 2. The van der Waals surface area contributed by atoms with Crippen LogP contribution in [0, 0.1) is 10.5 Å².